The van der Waals surface area contributed by atoms with E-state index >= 15 is 0 Å². The summed E-state index contributed by atoms with van der Waals surface area (Å²) >= 11 is 0. The summed E-state index contributed by atoms with van der Waals surface area (Å²) in [6.07, 6.45) is 0. The Morgan fingerprint density at radius 2 is 1.90 bits per heavy atom. The number of carbonyl (C=O) groups excluding carboxylic acids is 2. The van der Waals surface area contributed by atoms with E-state index in [1.807, 2.05) is 6.07 Å². The van der Waals surface area contributed by atoms with E-state index in [1.54, 1.807) is 31.2 Å². The number of aromatic nitrogens is 1. The van der Waals surface area contributed by atoms with Crippen LogP contribution in [-0.4, -0.2) is 23.5 Å². The van der Waals surface area contributed by atoms with Gasteiger partial charge in [0.2, 0.25) is 0 Å². The SMILES string of the molecule is CCOC(=O)c1ccc(C(=O)Nc2ccccc2)c(N)n1. The number of carbonyl (C=O) groups is 2. The Hall–Kier alpha value is -2.89. The molecule has 0 saturated carbocycles. The molecule has 108 valence electrons. The molecule has 3 N–H and O–H groups in total. The summed E-state index contributed by atoms with van der Waals surface area (Å²) in [5.41, 5.74) is 6.66. The minimum Gasteiger partial charge on any atom is -0.461 e. The first-order valence-corrected chi connectivity index (χ1v) is 6.42. The zero-order valence-electron chi connectivity index (χ0n) is 11.5. The van der Waals surface area contributed by atoms with Crippen molar-refractivity contribution in [3.63, 3.8) is 0 Å². The molecule has 1 amide bonds. The van der Waals surface area contributed by atoms with Gasteiger partial charge in [-0.3, -0.25) is 4.79 Å². The van der Waals surface area contributed by atoms with Crippen molar-refractivity contribution in [2.75, 3.05) is 17.7 Å². The molecule has 0 fully saturated rings. The molecular formula is C15H15N3O3. The molecule has 0 atom stereocenters. The van der Waals surface area contributed by atoms with Crippen molar-refractivity contribution in [1.29, 1.82) is 0 Å². The molecule has 0 aliphatic rings. The fourth-order valence-electron chi connectivity index (χ4n) is 1.71. The summed E-state index contributed by atoms with van der Waals surface area (Å²) in [6, 6.07) is 11.8. The highest BCUT2D eigenvalue weighted by atomic mass is 16.5. The van der Waals surface area contributed by atoms with Crippen molar-refractivity contribution >= 4 is 23.4 Å². The topological polar surface area (TPSA) is 94.3 Å². The highest BCUT2D eigenvalue weighted by Gasteiger charge is 2.15. The molecule has 6 heteroatoms. The minimum atomic E-state index is -0.570. The lowest BCUT2D eigenvalue weighted by molar-refractivity contribution is 0.0519. The minimum absolute atomic E-state index is 0.0195. The lowest BCUT2D eigenvalue weighted by Gasteiger charge is -2.08. The maximum atomic E-state index is 12.1. The summed E-state index contributed by atoms with van der Waals surface area (Å²) < 4.78 is 4.82. The van der Waals surface area contributed by atoms with Gasteiger partial charge in [0.05, 0.1) is 12.2 Å². The number of hydrogen-bond donors (Lipinski definition) is 2. The molecule has 0 aliphatic heterocycles. The highest BCUT2D eigenvalue weighted by molar-refractivity contribution is 6.07. The second-order valence-corrected chi connectivity index (χ2v) is 4.17. The molecule has 0 spiro atoms. The normalized spacial score (nSPS) is 9.95. The van der Waals surface area contributed by atoms with Gasteiger partial charge in [0.15, 0.2) is 5.69 Å². The third kappa shape index (κ3) is 3.56. The number of nitrogens with zero attached hydrogens (tertiary/aromatic N) is 1. The van der Waals surface area contributed by atoms with Crippen LogP contribution in [0.4, 0.5) is 11.5 Å². The lowest BCUT2D eigenvalue weighted by Crippen LogP contribution is -2.16. The number of benzene rings is 1. The van der Waals surface area contributed by atoms with Crippen LogP contribution >= 0.6 is 0 Å². The van der Waals surface area contributed by atoms with Gasteiger partial charge >= 0.3 is 5.97 Å². The first-order valence-electron chi connectivity index (χ1n) is 6.42. The number of pyridine rings is 1. The van der Waals surface area contributed by atoms with E-state index < -0.39 is 5.97 Å². The Morgan fingerprint density at radius 1 is 1.19 bits per heavy atom. The number of esters is 1. The Labute approximate surface area is 121 Å². The van der Waals surface area contributed by atoms with Gasteiger partial charge in [-0.15, -0.1) is 0 Å². The Morgan fingerprint density at radius 3 is 2.52 bits per heavy atom. The molecule has 0 bridgehead atoms. The largest absolute Gasteiger partial charge is 0.461 e. The molecule has 1 heterocycles. The van der Waals surface area contributed by atoms with Crippen LogP contribution < -0.4 is 11.1 Å². The third-order valence-corrected chi connectivity index (χ3v) is 2.69. The molecular weight excluding hydrogens is 270 g/mol. The molecule has 0 radical (unpaired) electrons. The number of nitrogens with one attached hydrogen (secondary N) is 1. The smallest absolute Gasteiger partial charge is 0.356 e. The summed E-state index contributed by atoms with van der Waals surface area (Å²) in [4.78, 5) is 27.5. The summed E-state index contributed by atoms with van der Waals surface area (Å²) in [7, 11) is 0. The Kier molecular flexibility index (Phi) is 4.50. The lowest BCUT2D eigenvalue weighted by atomic mass is 10.2. The van der Waals surface area contributed by atoms with Crippen LogP contribution in [0.25, 0.3) is 0 Å². The van der Waals surface area contributed by atoms with E-state index in [0.29, 0.717) is 5.69 Å². The van der Waals surface area contributed by atoms with Gasteiger partial charge < -0.3 is 15.8 Å². The van der Waals surface area contributed by atoms with Gasteiger partial charge in [-0.1, -0.05) is 18.2 Å². The second kappa shape index (κ2) is 6.51. The van der Waals surface area contributed by atoms with Crippen molar-refractivity contribution in [3.05, 3.63) is 53.7 Å². The average molecular weight is 285 g/mol. The van der Waals surface area contributed by atoms with Crippen LogP contribution in [0, 0.1) is 0 Å². The van der Waals surface area contributed by atoms with Crippen LogP contribution in [0.2, 0.25) is 0 Å². The molecule has 6 nitrogen and oxygen atoms in total. The molecule has 1 aromatic carbocycles. The number of nitrogens with two attached hydrogens (primary N) is 1. The maximum Gasteiger partial charge on any atom is 0.356 e. The first-order chi connectivity index (χ1) is 10.1. The van der Waals surface area contributed by atoms with Crippen molar-refractivity contribution in [2.24, 2.45) is 0 Å². The maximum absolute atomic E-state index is 12.1. The quantitative estimate of drug-likeness (QED) is 0.839. The summed E-state index contributed by atoms with van der Waals surface area (Å²) in [5, 5.41) is 2.70. The summed E-state index contributed by atoms with van der Waals surface area (Å²) in [6.45, 7) is 1.94. The predicted molar refractivity (Wildman–Crippen MR) is 79.0 cm³/mol. The van der Waals surface area contributed by atoms with Gasteiger partial charge in [-0.25, -0.2) is 9.78 Å². The molecule has 0 saturated heterocycles. The van der Waals surface area contributed by atoms with Gasteiger partial charge in [0.25, 0.3) is 5.91 Å². The molecule has 1 aromatic heterocycles. The van der Waals surface area contributed by atoms with Crippen LogP contribution in [-0.2, 0) is 4.74 Å². The zero-order valence-corrected chi connectivity index (χ0v) is 11.5. The van der Waals surface area contributed by atoms with Crippen molar-refractivity contribution in [3.8, 4) is 0 Å². The number of rotatable bonds is 4. The molecule has 21 heavy (non-hydrogen) atoms. The number of amides is 1. The van der Waals surface area contributed by atoms with E-state index in [0.717, 1.165) is 0 Å². The number of anilines is 2. The van der Waals surface area contributed by atoms with E-state index in [4.69, 9.17) is 10.5 Å². The van der Waals surface area contributed by atoms with Crippen molar-refractivity contribution in [2.45, 2.75) is 6.92 Å². The summed E-state index contributed by atoms with van der Waals surface area (Å²) in [5.74, 6) is -0.977. The van der Waals surface area contributed by atoms with Crippen molar-refractivity contribution in [1.82, 2.24) is 4.98 Å². The van der Waals surface area contributed by atoms with Gasteiger partial charge in [-0.05, 0) is 31.2 Å². The van der Waals surface area contributed by atoms with E-state index in [-0.39, 0.29) is 29.6 Å². The van der Waals surface area contributed by atoms with Gasteiger partial charge in [0, 0.05) is 5.69 Å². The molecule has 0 unspecified atom stereocenters. The van der Waals surface area contributed by atoms with E-state index in [2.05, 4.69) is 10.3 Å². The molecule has 2 aromatic rings. The number of ether oxygens (including phenoxy) is 1. The first kappa shape index (κ1) is 14.5. The number of hydrogen-bond acceptors (Lipinski definition) is 5. The van der Waals surface area contributed by atoms with Crippen LogP contribution in [0.1, 0.15) is 27.8 Å². The third-order valence-electron chi connectivity index (χ3n) is 2.69. The second-order valence-electron chi connectivity index (χ2n) is 4.17. The van der Waals surface area contributed by atoms with Crippen molar-refractivity contribution < 1.29 is 14.3 Å². The number of para-hydroxylation sites is 1. The standard InChI is InChI=1S/C15H15N3O3/c1-2-21-15(20)12-9-8-11(13(16)18-12)14(19)17-10-6-4-3-5-7-10/h3-9H,2H2,1H3,(H2,16,18)(H,17,19). The van der Waals surface area contributed by atoms with E-state index in [9.17, 15) is 9.59 Å². The highest BCUT2D eigenvalue weighted by Crippen LogP contribution is 2.14. The van der Waals surface area contributed by atoms with Gasteiger partial charge in [0.1, 0.15) is 5.82 Å². The predicted octanol–water partition coefficient (Wildman–Crippen LogP) is 2.09. The number of nitrogen functional groups attached to an aromatic ring is 1. The Bertz CT molecular complexity index is 656. The fraction of sp³-hybridized carbons (Fsp3) is 0.133. The van der Waals surface area contributed by atoms with Crippen LogP contribution in [0.5, 0.6) is 0 Å². The van der Waals surface area contributed by atoms with Crippen LogP contribution in [0.15, 0.2) is 42.5 Å². The fourth-order valence-corrected chi connectivity index (χ4v) is 1.71. The molecule has 2 rings (SSSR count). The van der Waals surface area contributed by atoms with Gasteiger partial charge in [-0.2, -0.15) is 0 Å². The van der Waals surface area contributed by atoms with E-state index in [1.165, 1.54) is 12.1 Å². The zero-order chi connectivity index (χ0) is 15.2. The monoisotopic (exact) mass is 285 g/mol. The average Bonchev–Trinajstić information content (AvgIpc) is 2.48. The molecule has 0 aliphatic carbocycles. The van der Waals surface area contributed by atoms with Crippen LogP contribution in [0.3, 0.4) is 0 Å². The Balaban J connectivity index is 2.17.